The molecule has 1 aliphatic heterocycles. The van der Waals surface area contributed by atoms with Crippen LogP contribution in [-0.2, 0) is 18.3 Å². The minimum Gasteiger partial charge on any atom is -0.373 e. The van der Waals surface area contributed by atoms with E-state index in [9.17, 15) is 9.59 Å². The van der Waals surface area contributed by atoms with Gasteiger partial charge >= 0.3 is 6.03 Å². The molecule has 0 aliphatic carbocycles. The lowest BCUT2D eigenvalue weighted by atomic mass is 10.2. The maximum absolute atomic E-state index is 12.3. The lowest BCUT2D eigenvalue weighted by Crippen LogP contribution is -2.51. The fraction of sp³-hybridized carbons (Fsp3) is 0.500. The maximum atomic E-state index is 12.3. The Morgan fingerprint density at radius 2 is 2.27 bits per heavy atom. The average Bonchev–Trinajstić information content (AvgIpc) is 3.16. The van der Waals surface area contributed by atoms with Gasteiger partial charge in [-0.05, 0) is 6.07 Å². The van der Waals surface area contributed by atoms with Gasteiger partial charge in [0.15, 0.2) is 5.82 Å². The summed E-state index contributed by atoms with van der Waals surface area (Å²) < 4.78 is 8.90. The van der Waals surface area contributed by atoms with Gasteiger partial charge in [-0.3, -0.25) is 9.48 Å². The number of hydrogen-bond donors (Lipinski definition) is 2. The Morgan fingerprint density at radius 1 is 1.38 bits per heavy atom. The molecule has 1 aliphatic rings. The first kappa shape index (κ1) is 17.9. The number of nitrogens with zero attached hydrogens (tertiary/aromatic N) is 5. The Bertz CT molecular complexity index is 774. The van der Waals surface area contributed by atoms with Crippen molar-refractivity contribution in [1.82, 2.24) is 29.5 Å². The molecule has 0 saturated carbocycles. The van der Waals surface area contributed by atoms with E-state index < -0.39 is 0 Å². The lowest BCUT2D eigenvalue weighted by molar-refractivity contribution is -0.00653. The average molecular weight is 361 g/mol. The van der Waals surface area contributed by atoms with Crippen molar-refractivity contribution < 1.29 is 9.53 Å². The quantitative estimate of drug-likeness (QED) is 0.718. The molecule has 0 radical (unpaired) electrons. The Morgan fingerprint density at radius 3 is 3.08 bits per heavy atom. The molecule has 1 fully saturated rings. The predicted octanol–water partition coefficient (Wildman–Crippen LogP) is -0.501. The molecule has 3 heterocycles. The summed E-state index contributed by atoms with van der Waals surface area (Å²) >= 11 is 0. The Hall–Kier alpha value is -2.88. The van der Waals surface area contributed by atoms with Crippen molar-refractivity contribution >= 4 is 11.8 Å². The number of amides is 2. The minimum absolute atomic E-state index is 0.126. The number of aromatic nitrogens is 4. The molecular weight excluding hydrogens is 338 g/mol. The van der Waals surface area contributed by atoms with E-state index in [1.54, 1.807) is 35.2 Å². The number of nitrogens with one attached hydrogen (secondary N) is 2. The largest absolute Gasteiger partial charge is 0.373 e. The Kier molecular flexibility index (Phi) is 5.84. The van der Waals surface area contributed by atoms with Crippen molar-refractivity contribution in [3.63, 3.8) is 0 Å². The molecule has 1 atom stereocenters. The van der Waals surface area contributed by atoms with Crippen LogP contribution in [0.3, 0.4) is 0 Å². The third-order valence-electron chi connectivity index (χ3n) is 4.12. The first-order valence-electron chi connectivity index (χ1n) is 8.51. The number of morpholine rings is 1. The molecule has 2 N–H and O–H groups in total. The second-order valence-electron chi connectivity index (χ2n) is 6.01. The number of carbonyl (C=O) groups is 1. The Balaban J connectivity index is 1.45. The third kappa shape index (κ3) is 4.60. The number of anilines is 1. The van der Waals surface area contributed by atoms with Crippen LogP contribution in [0.25, 0.3) is 0 Å². The van der Waals surface area contributed by atoms with Crippen LogP contribution in [0.1, 0.15) is 0 Å². The molecule has 10 nitrogen and oxygen atoms in total. The van der Waals surface area contributed by atoms with Crippen molar-refractivity contribution in [1.29, 1.82) is 0 Å². The van der Waals surface area contributed by atoms with Gasteiger partial charge in [-0.2, -0.15) is 5.10 Å². The van der Waals surface area contributed by atoms with Gasteiger partial charge in [0, 0.05) is 51.5 Å². The zero-order valence-corrected chi connectivity index (χ0v) is 14.7. The summed E-state index contributed by atoms with van der Waals surface area (Å²) in [4.78, 5) is 30.0. The van der Waals surface area contributed by atoms with Crippen LogP contribution in [0.2, 0.25) is 0 Å². The molecule has 3 rings (SSSR count). The van der Waals surface area contributed by atoms with Crippen LogP contribution in [0.15, 0.2) is 35.6 Å². The summed E-state index contributed by atoms with van der Waals surface area (Å²) in [6, 6.07) is 1.72. The highest BCUT2D eigenvalue weighted by Crippen LogP contribution is 2.06. The summed E-state index contributed by atoms with van der Waals surface area (Å²) in [5.41, 5.74) is -0.198. The number of rotatable bonds is 6. The van der Waals surface area contributed by atoms with Gasteiger partial charge in [0.25, 0.3) is 5.56 Å². The van der Waals surface area contributed by atoms with Crippen molar-refractivity contribution in [2.45, 2.75) is 12.6 Å². The summed E-state index contributed by atoms with van der Waals surface area (Å²) in [5, 5.41) is 9.99. The first-order valence-corrected chi connectivity index (χ1v) is 8.51. The standard InChI is InChI=1S/C16H23N7O3/c1-21-7-4-17-14(15(21)24)19-11-13-12-22(9-10-26-13)16(25)18-5-8-23-6-2-3-20-23/h2-4,6-7,13H,5,8-12H2,1H3,(H,17,19)(H,18,25). The first-order chi connectivity index (χ1) is 12.6. The van der Waals surface area contributed by atoms with Crippen LogP contribution < -0.4 is 16.2 Å². The molecule has 1 unspecified atom stereocenters. The molecule has 0 aromatic carbocycles. The normalized spacial score (nSPS) is 17.1. The SMILES string of the molecule is Cn1ccnc(NCC2CN(C(=O)NCCn3cccn3)CCO2)c1=O. The molecule has 1 saturated heterocycles. The number of urea groups is 1. The van der Waals surface area contributed by atoms with Crippen molar-refractivity contribution in [2.75, 3.05) is 38.1 Å². The van der Waals surface area contributed by atoms with Crippen LogP contribution in [0.5, 0.6) is 0 Å². The van der Waals surface area contributed by atoms with E-state index in [1.165, 1.54) is 4.57 Å². The van der Waals surface area contributed by atoms with E-state index in [2.05, 4.69) is 20.7 Å². The molecule has 2 amide bonds. The summed E-state index contributed by atoms with van der Waals surface area (Å²) in [6.07, 6.45) is 6.51. The van der Waals surface area contributed by atoms with Crippen molar-refractivity contribution in [3.05, 3.63) is 41.2 Å². The number of carbonyl (C=O) groups excluding carboxylic acids is 1. The zero-order chi connectivity index (χ0) is 18.4. The zero-order valence-electron chi connectivity index (χ0n) is 14.7. The van der Waals surface area contributed by atoms with E-state index in [0.29, 0.717) is 39.3 Å². The molecule has 2 aromatic heterocycles. The van der Waals surface area contributed by atoms with Crippen LogP contribution in [0.4, 0.5) is 10.6 Å². The highest BCUT2D eigenvalue weighted by atomic mass is 16.5. The van der Waals surface area contributed by atoms with Gasteiger partial charge < -0.3 is 24.8 Å². The summed E-state index contributed by atoms with van der Waals surface area (Å²) in [7, 11) is 1.67. The fourth-order valence-electron chi connectivity index (χ4n) is 2.68. The topological polar surface area (TPSA) is 106 Å². The fourth-order valence-corrected chi connectivity index (χ4v) is 2.68. The third-order valence-corrected chi connectivity index (χ3v) is 4.12. The second kappa shape index (κ2) is 8.48. The molecule has 2 aromatic rings. The van der Waals surface area contributed by atoms with Crippen LogP contribution in [-0.4, -0.2) is 69.2 Å². The monoisotopic (exact) mass is 361 g/mol. The van der Waals surface area contributed by atoms with E-state index in [1.807, 2.05) is 12.3 Å². The maximum Gasteiger partial charge on any atom is 0.317 e. The van der Waals surface area contributed by atoms with Crippen LogP contribution in [0, 0.1) is 0 Å². The molecule has 140 valence electrons. The summed E-state index contributed by atoms with van der Waals surface area (Å²) in [5.74, 6) is 0.277. The molecule has 0 spiro atoms. The van der Waals surface area contributed by atoms with Crippen LogP contribution >= 0.6 is 0 Å². The number of aryl methyl sites for hydroxylation is 1. The van der Waals surface area contributed by atoms with Crippen molar-refractivity contribution in [3.8, 4) is 0 Å². The summed E-state index contributed by atoms with van der Waals surface area (Å²) in [6.45, 7) is 2.98. The predicted molar refractivity (Wildman–Crippen MR) is 94.9 cm³/mol. The highest BCUT2D eigenvalue weighted by Gasteiger charge is 2.24. The van der Waals surface area contributed by atoms with E-state index in [4.69, 9.17) is 4.74 Å². The van der Waals surface area contributed by atoms with Gasteiger partial charge in [-0.25, -0.2) is 9.78 Å². The molecular formula is C16H23N7O3. The molecule has 10 heteroatoms. The highest BCUT2D eigenvalue weighted by molar-refractivity contribution is 5.74. The van der Waals surface area contributed by atoms with Gasteiger partial charge in [-0.15, -0.1) is 0 Å². The van der Waals surface area contributed by atoms with Gasteiger partial charge in [0.05, 0.1) is 25.8 Å². The molecule has 0 bridgehead atoms. The molecule has 26 heavy (non-hydrogen) atoms. The second-order valence-corrected chi connectivity index (χ2v) is 6.01. The van der Waals surface area contributed by atoms with Crippen molar-refractivity contribution in [2.24, 2.45) is 7.05 Å². The lowest BCUT2D eigenvalue weighted by Gasteiger charge is -2.33. The van der Waals surface area contributed by atoms with Gasteiger partial charge in [0.2, 0.25) is 0 Å². The number of hydrogen-bond acceptors (Lipinski definition) is 6. The van der Waals surface area contributed by atoms with E-state index in [0.717, 1.165) is 0 Å². The Labute approximate surface area is 150 Å². The number of ether oxygens (including phenoxy) is 1. The minimum atomic E-state index is -0.202. The van der Waals surface area contributed by atoms with E-state index >= 15 is 0 Å². The van der Waals surface area contributed by atoms with E-state index in [-0.39, 0.29) is 23.5 Å². The van der Waals surface area contributed by atoms with Gasteiger partial charge in [0.1, 0.15) is 0 Å². The smallest absolute Gasteiger partial charge is 0.317 e. The van der Waals surface area contributed by atoms with Gasteiger partial charge in [-0.1, -0.05) is 0 Å².